The molecular formula is C30H35N7O3. The SMILES string of the molecule is C=CC(=O)N1CCCC(n2cnc3c(NCc4ccccc4)nc(Nc4ccc(OCCCOC)cc4)nc32)C1. The van der Waals surface area contributed by atoms with Gasteiger partial charge in [0.25, 0.3) is 0 Å². The van der Waals surface area contributed by atoms with Gasteiger partial charge in [-0.25, -0.2) is 4.98 Å². The van der Waals surface area contributed by atoms with Gasteiger partial charge in [-0.1, -0.05) is 36.9 Å². The fraction of sp³-hybridized carbons (Fsp3) is 0.333. The van der Waals surface area contributed by atoms with Gasteiger partial charge in [0, 0.05) is 45.5 Å². The number of piperidine rings is 1. The Morgan fingerprint density at radius 1 is 1.12 bits per heavy atom. The van der Waals surface area contributed by atoms with Crippen molar-refractivity contribution < 1.29 is 14.3 Å². The average molecular weight is 542 g/mol. The minimum atomic E-state index is -0.0533. The van der Waals surface area contributed by atoms with Gasteiger partial charge in [-0.3, -0.25) is 4.79 Å². The van der Waals surface area contributed by atoms with E-state index in [0.717, 1.165) is 42.8 Å². The van der Waals surface area contributed by atoms with Crippen molar-refractivity contribution in [3.05, 3.63) is 79.1 Å². The molecule has 10 nitrogen and oxygen atoms in total. The number of nitrogens with zero attached hydrogens (tertiary/aromatic N) is 5. The highest BCUT2D eigenvalue weighted by atomic mass is 16.5. The zero-order chi connectivity index (χ0) is 27.7. The Balaban J connectivity index is 1.41. The van der Waals surface area contributed by atoms with Crippen molar-refractivity contribution in [1.82, 2.24) is 24.4 Å². The Morgan fingerprint density at radius 2 is 1.95 bits per heavy atom. The first-order chi connectivity index (χ1) is 19.6. The maximum Gasteiger partial charge on any atom is 0.246 e. The number of ether oxygens (including phenoxy) is 2. The summed E-state index contributed by atoms with van der Waals surface area (Å²) in [6.07, 6.45) is 5.84. The molecule has 0 aliphatic carbocycles. The van der Waals surface area contributed by atoms with Gasteiger partial charge in [0.05, 0.1) is 19.0 Å². The summed E-state index contributed by atoms with van der Waals surface area (Å²) in [6.45, 7) is 6.82. The van der Waals surface area contributed by atoms with Gasteiger partial charge < -0.3 is 29.6 Å². The van der Waals surface area contributed by atoms with Crippen LogP contribution < -0.4 is 15.4 Å². The van der Waals surface area contributed by atoms with Crippen LogP contribution in [0.4, 0.5) is 17.5 Å². The van der Waals surface area contributed by atoms with Crippen molar-refractivity contribution in [2.75, 3.05) is 44.0 Å². The number of carbonyl (C=O) groups is 1. The topological polar surface area (TPSA) is 106 Å². The van der Waals surface area contributed by atoms with Gasteiger partial charge in [0.1, 0.15) is 5.75 Å². The van der Waals surface area contributed by atoms with Crippen LogP contribution >= 0.6 is 0 Å². The number of benzene rings is 2. The van der Waals surface area contributed by atoms with Crippen LogP contribution in [-0.2, 0) is 16.1 Å². The summed E-state index contributed by atoms with van der Waals surface area (Å²) < 4.78 is 12.9. The van der Waals surface area contributed by atoms with Gasteiger partial charge in [0.2, 0.25) is 11.9 Å². The Hall–Kier alpha value is -4.44. The first kappa shape index (κ1) is 27.1. The van der Waals surface area contributed by atoms with E-state index in [2.05, 4.69) is 33.9 Å². The lowest BCUT2D eigenvalue weighted by Crippen LogP contribution is -2.39. The molecular weight excluding hydrogens is 506 g/mol. The van der Waals surface area contributed by atoms with Crippen molar-refractivity contribution in [3.63, 3.8) is 0 Å². The Bertz CT molecular complexity index is 1420. The minimum Gasteiger partial charge on any atom is -0.494 e. The number of hydrogen-bond acceptors (Lipinski definition) is 8. The lowest BCUT2D eigenvalue weighted by molar-refractivity contribution is -0.127. The molecule has 1 unspecified atom stereocenters. The first-order valence-corrected chi connectivity index (χ1v) is 13.6. The van der Waals surface area contributed by atoms with E-state index in [9.17, 15) is 4.79 Å². The number of carbonyl (C=O) groups excluding carboxylic acids is 1. The van der Waals surface area contributed by atoms with Crippen LogP contribution in [-0.4, -0.2) is 63.7 Å². The normalized spacial score (nSPS) is 15.1. The molecule has 208 valence electrons. The van der Waals surface area contributed by atoms with Crippen molar-refractivity contribution in [2.24, 2.45) is 0 Å². The van der Waals surface area contributed by atoms with E-state index >= 15 is 0 Å². The van der Waals surface area contributed by atoms with Gasteiger partial charge in [0.15, 0.2) is 17.0 Å². The molecule has 0 radical (unpaired) electrons. The smallest absolute Gasteiger partial charge is 0.246 e. The van der Waals surface area contributed by atoms with Crippen molar-refractivity contribution >= 4 is 34.5 Å². The van der Waals surface area contributed by atoms with Crippen LogP contribution in [0.2, 0.25) is 0 Å². The number of likely N-dealkylation sites (tertiary alicyclic amines) is 1. The lowest BCUT2D eigenvalue weighted by Gasteiger charge is -2.32. The monoisotopic (exact) mass is 541 g/mol. The zero-order valence-corrected chi connectivity index (χ0v) is 22.8. The fourth-order valence-electron chi connectivity index (χ4n) is 4.81. The summed E-state index contributed by atoms with van der Waals surface area (Å²) in [5.41, 5.74) is 3.37. The number of aromatic nitrogens is 4. The molecule has 1 aliphatic rings. The third-order valence-electron chi connectivity index (χ3n) is 6.87. The molecule has 2 aromatic heterocycles. The second kappa shape index (κ2) is 13.1. The molecule has 3 heterocycles. The standard InChI is InChI=1S/C30H35N7O3/c1-3-26(38)36-16-7-11-24(20-36)37-21-32-27-28(31-19-22-9-5-4-6-10-22)34-30(35-29(27)37)33-23-12-14-25(15-13-23)40-18-8-17-39-2/h3-6,9-10,12-15,21,24H,1,7-8,11,16-20H2,2H3,(H2,31,33,34,35). The number of anilines is 3. The van der Waals surface area contributed by atoms with Gasteiger partial charge in [-0.15, -0.1) is 0 Å². The molecule has 4 aromatic rings. The second-order valence-electron chi connectivity index (χ2n) is 9.69. The van der Waals surface area contributed by atoms with Crippen LogP contribution in [0.25, 0.3) is 11.2 Å². The number of nitrogens with one attached hydrogen (secondary N) is 2. The van der Waals surface area contributed by atoms with E-state index in [1.807, 2.05) is 47.4 Å². The van der Waals surface area contributed by atoms with E-state index in [1.165, 1.54) is 6.08 Å². The fourth-order valence-corrected chi connectivity index (χ4v) is 4.81. The molecule has 0 bridgehead atoms. The molecule has 0 spiro atoms. The molecule has 0 saturated carbocycles. The van der Waals surface area contributed by atoms with E-state index in [4.69, 9.17) is 24.4 Å². The maximum atomic E-state index is 12.3. The predicted octanol–water partition coefficient (Wildman–Crippen LogP) is 4.95. The summed E-state index contributed by atoms with van der Waals surface area (Å²) in [7, 11) is 1.68. The average Bonchev–Trinajstić information content (AvgIpc) is 3.43. The summed E-state index contributed by atoms with van der Waals surface area (Å²) in [5, 5.41) is 6.79. The number of fused-ring (bicyclic) bond motifs is 1. The van der Waals surface area contributed by atoms with Crippen LogP contribution in [0, 0.1) is 0 Å². The summed E-state index contributed by atoms with van der Waals surface area (Å²) in [4.78, 5) is 28.5. The molecule has 1 aliphatic heterocycles. The Labute approximate surface area is 234 Å². The maximum absolute atomic E-state index is 12.3. The first-order valence-electron chi connectivity index (χ1n) is 13.6. The number of rotatable bonds is 12. The van der Waals surface area contributed by atoms with Gasteiger partial charge >= 0.3 is 0 Å². The number of imidazole rings is 1. The van der Waals surface area contributed by atoms with Crippen LogP contribution in [0.15, 0.2) is 73.6 Å². The summed E-state index contributed by atoms with van der Waals surface area (Å²) >= 11 is 0. The van der Waals surface area contributed by atoms with Gasteiger partial charge in [-0.05, 0) is 48.7 Å². The van der Waals surface area contributed by atoms with E-state index in [0.29, 0.717) is 49.2 Å². The predicted molar refractivity (Wildman–Crippen MR) is 156 cm³/mol. The summed E-state index contributed by atoms with van der Waals surface area (Å²) in [6, 6.07) is 17.9. The third-order valence-corrected chi connectivity index (χ3v) is 6.87. The van der Waals surface area contributed by atoms with E-state index in [1.54, 1.807) is 13.4 Å². The molecule has 2 aromatic carbocycles. The molecule has 1 fully saturated rings. The molecule has 40 heavy (non-hydrogen) atoms. The van der Waals surface area contributed by atoms with E-state index in [-0.39, 0.29) is 11.9 Å². The molecule has 1 atom stereocenters. The van der Waals surface area contributed by atoms with Crippen LogP contribution in [0.1, 0.15) is 30.9 Å². The highest BCUT2D eigenvalue weighted by molar-refractivity contribution is 5.87. The van der Waals surface area contributed by atoms with Crippen LogP contribution in [0.3, 0.4) is 0 Å². The highest BCUT2D eigenvalue weighted by Crippen LogP contribution is 2.29. The summed E-state index contributed by atoms with van der Waals surface area (Å²) in [5.74, 6) is 1.83. The highest BCUT2D eigenvalue weighted by Gasteiger charge is 2.26. The van der Waals surface area contributed by atoms with Crippen LogP contribution in [0.5, 0.6) is 5.75 Å². The number of hydrogen-bond donors (Lipinski definition) is 2. The largest absolute Gasteiger partial charge is 0.494 e. The zero-order valence-electron chi connectivity index (χ0n) is 22.8. The van der Waals surface area contributed by atoms with Crippen molar-refractivity contribution in [3.8, 4) is 5.75 Å². The number of methoxy groups -OCH3 is 1. The Kier molecular flexibility index (Phi) is 8.87. The molecule has 2 N–H and O–H groups in total. The second-order valence-corrected chi connectivity index (χ2v) is 9.69. The van der Waals surface area contributed by atoms with E-state index < -0.39 is 0 Å². The quantitative estimate of drug-likeness (QED) is 0.192. The molecule has 10 heteroatoms. The molecule has 1 amide bonds. The number of amides is 1. The molecule has 5 rings (SSSR count). The van der Waals surface area contributed by atoms with Crippen molar-refractivity contribution in [1.29, 1.82) is 0 Å². The molecule has 1 saturated heterocycles. The third kappa shape index (κ3) is 6.58. The lowest BCUT2D eigenvalue weighted by atomic mass is 10.1. The Morgan fingerprint density at radius 3 is 2.73 bits per heavy atom. The minimum absolute atomic E-state index is 0.0533. The van der Waals surface area contributed by atoms with Gasteiger partial charge in [-0.2, -0.15) is 9.97 Å². The van der Waals surface area contributed by atoms with Crippen molar-refractivity contribution in [2.45, 2.75) is 31.8 Å².